The number of terminal acetylenes is 1. The second-order valence-electron chi connectivity index (χ2n) is 3.82. The Kier molecular flexibility index (Phi) is 4.41. The van der Waals surface area contributed by atoms with Crippen LogP contribution >= 0.6 is 0 Å². The molecule has 0 aliphatic carbocycles. The van der Waals surface area contributed by atoms with Gasteiger partial charge in [-0.15, -0.1) is 6.42 Å². The van der Waals surface area contributed by atoms with Gasteiger partial charge in [0.1, 0.15) is 0 Å². The molecule has 1 rings (SSSR count). The third-order valence-electron chi connectivity index (χ3n) is 2.29. The van der Waals surface area contributed by atoms with E-state index in [4.69, 9.17) is 17.9 Å². The van der Waals surface area contributed by atoms with Crippen LogP contribution < -0.4 is 11.5 Å². The number of nitrogens with two attached hydrogens (primary N) is 2. The van der Waals surface area contributed by atoms with Crippen molar-refractivity contribution in [2.75, 3.05) is 24.6 Å². The summed E-state index contributed by atoms with van der Waals surface area (Å²) in [5, 5.41) is 0. The number of rotatable bonds is 4. The van der Waals surface area contributed by atoms with Gasteiger partial charge in [0.25, 0.3) is 5.91 Å². The van der Waals surface area contributed by atoms with Crippen LogP contribution in [0.4, 0.5) is 11.4 Å². The second-order valence-corrected chi connectivity index (χ2v) is 3.82. The average molecular weight is 231 g/mol. The van der Waals surface area contributed by atoms with Crippen LogP contribution in [0.2, 0.25) is 0 Å². The predicted octanol–water partition coefficient (Wildman–Crippen LogP) is 1.34. The maximum Gasteiger partial charge on any atom is 0.254 e. The molecule has 1 aromatic rings. The lowest BCUT2D eigenvalue weighted by atomic mass is 10.1. The molecule has 0 bridgehead atoms. The maximum atomic E-state index is 12.1. The van der Waals surface area contributed by atoms with E-state index < -0.39 is 0 Å². The van der Waals surface area contributed by atoms with Gasteiger partial charge in [0.2, 0.25) is 0 Å². The third-order valence-corrected chi connectivity index (χ3v) is 2.29. The number of nitrogens with zero attached hydrogens (tertiary/aromatic N) is 1. The van der Waals surface area contributed by atoms with Gasteiger partial charge in [-0.1, -0.05) is 12.8 Å². The quantitative estimate of drug-likeness (QED) is 0.606. The van der Waals surface area contributed by atoms with E-state index >= 15 is 0 Å². The Morgan fingerprint density at radius 2 is 1.94 bits per heavy atom. The van der Waals surface area contributed by atoms with Crippen molar-refractivity contribution in [1.29, 1.82) is 0 Å². The molecule has 90 valence electrons. The molecule has 0 aliphatic rings. The molecule has 1 amide bonds. The SMILES string of the molecule is C#CCN(CCC)C(=O)c1cc(N)cc(N)c1. The number of hydrogen-bond acceptors (Lipinski definition) is 3. The molecule has 0 spiro atoms. The first-order valence-electron chi connectivity index (χ1n) is 5.47. The summed E-state index contributed by atoms with van der Waals surface area (Å²) in [5.41, 5.74) is 12.7. The highest BCUT2D eigenvalue weighted by atomic mass is 16.2. The van der Waals surface area contributed by atoms with Crippen molar-refractivity contribution in [1.82, 2.24) is 4.90 Å². The summed E-state index contributed by atoms with van der Waals surface area (Å²) in [6, 6.07) is 4.83. The van der Waals surface area contributed by atoms with Gasteiger partial charge in [-0.25, -0.2) is 0 Å². The highest BCUT2D eigenvalue weighted by Crippen LogP contribution is 2.15. The van der Waals surface area contributed by atoms with Crippen LogP contribution in [0.15, 0.2) is 18.2 Å². The first-order chi connectivity index (χ1) is 8.08. The fourth-order valence-corrected chi connectivity index (χ4v) is 1.62. The van der Waals surface area contributed by atoms with E-state index in [0.717, 1.165) is 6.42 Å². The predicted molar refractivity (Wildman–Crippen MR) is 70.3 cm³/mol. The Hall–Kier alpha value is -2.15. The van der Waals surface area contributed by atoms with E-state index in [2.05, 4.69) is 5.92 Å². The van der Waals surface area contributed by atoms with E-state index in [1.807, 2.05) is 6.92 Å². The summed E-state index contributed by atoms with van der Waals surface area (Å²) < 4.78 is 0. The van der Waals surface area contributed by atoms with Crippen molar-refractivity contribution in [3.05, 3.63) is 23.8 Å². The first kappa shape index (κ1) is 12.9. The summed E-state index contributed by atoms with van der Waals surface area (Å²) in [6.45, 7) is 2.91. The van der Waals surface area contributed by atoms with Gasteiger partial charge >= 0.3 is 0 Å². The zero-order valence-electron chi connectivity index (χ0n) is 9.94. The van der Waals surface area contributed by atoms with Crippen molar-refractivity contribution in [2.24, 2.45) is 0 Å². The zero-order chi connectivity index (χ0) is 12.8. The molecule has 4 heteroatoms. The number of nitrogen functional groups attached to an aromatic ring is 2. The number of benzene rings is 1. The van der Waals surface area contributed by atoms with Crippen molar-refractivity contribution >= 4 is 17.3 Å². The molecule has 0 aliphatic heterocycles. The Labute approximate surface area is 102 Å². The smallest absolute Gasteiger partial charge is 0.254 e. The molecule has 0 fully saturated rings. The largest absolute Gasteiger partial charge is 0.399 e. The van der Waals surface area contributed by atoms with E-state index in [9.17, 15) is 4.79 Å². The van der Waals surface area contributed by atoms with Crippen molar-refractivity contribution in [2.45, 2.75) is 13.3 Å². The summed E-state index contributed by atoms with van der Waals surface area (Å²) in [6.07, 6.45) is 6.09. The molecule has 0 radical (unpaired) electrons. The standard InChI is InChI=1S/C13H17N3O/c1-3-5-16(6-4-2)13(17)10-7-11(14)9-12(15)8-10/h1,7-9H,4-6,14-15H2,2H3. The van der Waals surface area contributed by atoms with Gasteiger partial charge in [0.15, 0.2) is 0 Å². The van der Waals surface area contributed by atoms with Crippen LogP contribution in [0.1, 0.15) is 23.7 Å². The Morgan fingerprint density at radius 3 is 2.41 bits per heavy atom. The van der Waals surface area contributed by atoms with Gasteiger partial charge < -0.3 is 16.4 Å². The molecule has 17 heavy (non-hydrogen) atoms. The molecule has 0 atom stereocenters. The Balaban J connectivity index is 2.96. The first-order valence-corrected chi connectivity index (χ1v) is 5.47. The van der Waals surface area contributed by atoms with E-state index in [-0.39, 0.29) is 5.91 Å². The second kappa shape index (κ2) is 5.80. The minimum absolute atomic E-state index is 0.135. The molecule has 0 heterocycles. The van der Waals surface area contributed by atoms with Gasteiger partial charge in [0.05, 0.1) is 6.54 Å². The van der Waals surface area contributed by atoms with Crippen LogP contribution in [-0.2, 0) is 0 Å². The summed E-state index contributed by atoms with van der Waals surface area (Å²) in [7, 11) is 0. The highest BCUT2D eigenvalue weighted by molar-refractivity contribution is 5.96. The normalized spacial score (nSPS) is 9.65. The topological polar surface area (TPSA) is 72.3 Å². The van der Waals surface area contributed by atoms with E-state index in [1.54, 1.807) is 23.1 Å². The van der Waals surface area contributed by atoms with Crippen LogP contribution in [0.25, 0.3) is 0 Å². The minimum Gasteiger partial charge on any atom is -0.399 e. The molecule has 0 saturated carbocycles. The zero-order valence-corrected chi connectivity index (χ0v) is 9.94. The molecule has 1 aromatic carbocycles. The number of anilines is 2. The minimum atomic E-state index is -0.135. The van der Waals surface area contributed by atoms with Crippen LogP contribution in [-0.4, -0.2) is 23.9 Å². The molecular formula is C13H17N3O. The lowest BCUT2D eigenvalue weighted by Gasteiger charge is -2.19. The average Bonchev–Trinajstić information content (AvgIpc) is 2.26. The van der Waals surface area contributed by atoms with E-state index in [0.29, 0.717) is 30.0 Å². The molecule has 0 aromatic heterocycles. The van der Waals surface area contributed by atoms with Crippen molar-refractivity contribution in [3.8, 4) is 12.3 Å². The Bertz CT molecular complexity index is 428. The summed E-state index contributed by atoms with van der Waals surface area (Å²) in [5.74, 6) is 2.34. The molecule has 4 N–H and O–H groups in total. The fraction of sp³-hybridized carbons (Fsp3) is 0.308. The molecular weight excluding hydrogens is 214 g/mol. The van der Waals surface area contributed by atoms with Gasteiger partial charge in [-0.2, -0.15) is 0 Å². The van der Waals surface area contributed by atoms with Crippen molar-refractivity contribution < 1.29 is 4.79 Å². The summed E-state index contributed by atoms with van der Waals surface area (Å²) >= 11 is 0. The summed E-state index contributed by atoms with van der Waals surface area (Å²) in [4.78, 5) is 13.8. The van der Waals surface area contributed by atoms with Crippen LogP contribution in [0.5, 0.6) is 0 Å². The maximum absolute atomic E-state index is 12.1. The lowest BCUT2D eigenvalue weighted by molar-refractivity contribution is 0.0777. The monoisotopic (exact) mass is 231 g/mol. The fourth-order valence-electron chi connectivity index (χ4n) is 1.62. The number of carbonyl (C=O) groups is 1. The highest BCUT2D eigenvalue weighted by Gasteiger charge is 2.14. The van der Waals surface area contributed by atoms with Gasteiger partial charge in [0, 0.05) is 23.5 Å². The number of carbonyl (C=O) groups excluding carboxylic acids is 1. The van der Waals surface area contributed by atoms with Crippen molar-refractivity contribution in [3.63, 3.8) is 0 Å². The Morgan fingerprint density at radius 1 is 1.35 bits per heavy atom. The molecule has 0 unspecified atom stereocenters. The molecule has 0 saturated heterocycles. The third kappa shape index (κ3) is 3.42. The molecule has 4 nitrogen and oxygen atoms in total. The van der Waals surface area contributed by atoms with Gasteiger partial charge in [-0.05, 0) is 24.6 Å². The number of hydrogen-bond donors (Lipinski definition) is 2. The van der Waals surface area contributed by atoms with Crippen LogP contribution in [0.3, 0.4) is 0 Å². The van der Waals surface area contributed by atoms with Gasteiger partial charge in [-0.3, -0.25) is 4.79 Å². The lowest BCUT2D eigenvalue weighted by Crippen LogP contribution is -2.32. The van der Waals surface area contributed by atoms with Crippen LogP contribution in [0, 0.1) is 12.3 Å². The van der Waals surface area contributed by atoms with E-state index in [1.165, 1.54) is 0 Å². The number of amides is 1.